The maximum Gasteiger partial charge on any atom is 0.191 e. The zero-order valence-corrected chi connectivity index (χ0v) is 19.2. The molecule has 0 amide bonds. The number of hydrogen-bond donors (Lipinski definition) is 2. The summed E-state index contributed by atoms with van der Waals surface area (Å²) in [6.07, 6.45) is 5.55. The van der Waals surface area contributed by atoms with Crippen molar-refractivity contribution in [2.45, 2.75) is 76.8 Å². The van der Waals surface area contributed by atoms with E-state index in [1.807, 2.05) is 18.3 Å². The molecule has 1 aliphatic carbocycles. The van der Waals surface area contributed by atoms with Crippen LogP contribution in [0.2, 0.25) is 0 Å². The Bertz CT molecular complexity index is 675. The number of nitrogens with zero attached hydrogens (tertiary/aromatic N) is 2. The maximum absolute atomic E-state index is 12.2. The molecule has 7 heteroatoms. The Labute approximate surface area is 176 Å². The van der Waals surface area contributed by atoms with Crippen LogP contribution in [0.25, 0.3) is 0 Å². The van der Waals surface area contributed by atoms with Crippen molar-refractivity contribution >= 4 is 28.1 Å². The number of rotatable bonds is 7. The van der Waals surface area contributed by atoms with Gasteiger partial charge in [-0.05, 0) is 56.5 Å². The molecule has 1 aromatic rings. The second kappa shape index (κ2) is 10.7. The molecular weight excluding hydrogens is 388 g/mol. The van der Waals surface area contributed by atoms with Gasteiger partial charge in [0, 0.05) is 58.4 Å². The molecule has 158 valence electrons. The minimum atomic E-state index is -0.688. The molecule has 28 heavy (non-hydrogen) atoms. The van der Waals surface area contributed by atoms with Crippen LogP contribution in [0.3, 0.4) is 0 Å². The van der Waals surface area contributed by atoms with E-state index in [9.17, 15) is 4.21 Å². The third kappa shape index (κ3) is 5.80. The van der Waals surface area contributed by atoms with Gasteiger partial charge >= 0.3 is 0 Å². The molecule has 1 aromatic heterocycles. The highest BCUT2D eigenvalue weighted by atomic mass is 32.2. The first-order valence-electron chi connectivity index (χ1n) is 10.8. The summed E-state index contributed by atoms with van der Waals surface area (Å²) in [6.45, 7) is 10.3. The fourth-order valence-electron chi connectivity index (χ4n) is 4.25. The van der Waals surface area contributed by atoms with E-state index in [-0.39, 0.29) is 0 Å². The van der Waals surface area contributed by atoms with Gasteiger partial charge in [0.2, 0.25) is 0 Å². The van der Waals surface area contributed by atoms with Gasteiger partial charge in [-0.15, -0.1) is 11.3 Å². The number of fused-ring (bicyclic) bond motifs is 1. The van der Waals surface area contributed by atoms with E-state index < -0.39 is 10.8 Å². The highest BCUT2D eigenvalue weighted by Gasteiger charge is 2.26. The Hall–Kier alpha value is -0.920. The average Bonchev–Trinajstić information content (AvgIpc) is 3.19. The largest absolute Gasteiger partial charge is 0.357 e. The molecule has 2 heterocycles. The highest BCUT2D eigenvalue weighted by molar-refractivity contribution is 7.85. The summed E-state index contributed by atoms with van der Waals surface area (Å²) in [7, 11) is -0.688. The zero-order chi connectivity index (χ0) is 19.9. The maximum atomic E-state index is 12.2. The summed E-state index contributed by atoms with van der Waals surface area (Å²) in [6, 6.07) is 3.08. The van der Waals surface area contributed by atoms with Crippen LogP contribution < -0.4 is 10.6 Å². The van der Waals surface area contributed by atoms with Crippen LogP contribution in [0.1, 0.15) is 56.9 Å². The van der Waals surface area contributed by atoms with E-state index in [2.05, 4.69) is 40.8 Å². The topological polar surface area (TPSA) is 56.7 Å². The molecule has 0 bridgehead atoms. The van der Waals surface area contributed by atoms with Gasteiger partial charge in [0.05, 0.1) is 6.54 Å². The van der Waals surface area contributed by atoms with Crippen molar-refractivity contribution in [1.29, 1.82) is 0 Å². The van der Waals surface area contributed by atoms with E-state index in [1.165, 1.54) is 5.56 Å². The van der Waals surface area contributed by atoms with Crippen molar-refractivity contribution in [3.05, 3.63) is 21.9 Å². The van der Waals surface area contributed by atoms with Crippen molar-refractivity contribution in [1.82, 2.24) is 15.5 Å². The van der Waals surface area contributed by atoms with Gasteiger partial charge in [-0.1, -0.05) is 13.3 Å². The fourth-order valence-corrected chi connectivity index (χ4v) is 6.49. The van der Waals surface area contributed by atoms with Crippen molar-refractivity contribution in [3.8, 4) is 0 Å². The summed E-state index contributed by atoms with van der Waals surface area (Å²) in [5.74, 6) is 1.68. The number of hydrogen-bond acceptors (Lipinski definition) is 4. The van der Waals surface area contributed by atoms with Crippen LogP contribution in [0, 0.1) is 0 Å². The molecule has 1 aliphatic heterocycles. The smallest absolute Gasteiger partial charge is 0.191 e. The van der Waals surface area contributed by atoms with Crippen LogP contribution in [-0.4, -0.2) is 57.8 Å². The first-order valence-corrected chi connectivity index (χ1v) is 13.1. The standard InChI is InChI=1S/C21H36N4OS2/c1-4-22-21(24-18-7-6-8-19(13-18)28(26)5-2)23-14-16(3)25-11-9-20-17(15-25)10-12-27-20/h10,12,16,18-19H,4-9,11,13-15H2,1-3H3,(H2,22,23,24). The summed E-state index contributed by atoms with van der Waals surface area (Å²) in [5.41, 5.74) is 1.49. The third-order valence-corrected chi connectivity index (χ3v) is 8.71. The number of thiophene rings is 1. The van der Waals surface area contributed by atoms with Gasteiger partial charge < -0.3 is 10.6 Å². The summed E-state index contributed by atoms with van der Waals surface area (Å²) in [5, 5.41) is 9.58. The van der Waals surface area contributed by atoms with Crippen LogP contribution in [-0.2, 0) is 23.8 Å². The van der Waals surface area contributed by atoms with E-state index in [0.29, 0.717) is 17.3 Å². The lowest BCUT2D eigenvalue weighted by Crippen LogP contribution is -2.47. The molecule has 2 aliphatic rings. The molecule has 0 radical (unpaired) electrons. The second-order valence-corrected chi connectivity index (χ2v) is 11.0. The van der Waals surface area contributed by atoms with Gasteiger partial charge in [0.15, 0.2) is 5.96 Å². The molecule has 1 saturated carbocycles. The minimum absolute atomic E-state index is 0.339. The quantitative estimate of drug-likeness (QED) is 0.522. The van der Waals surface area contributed by atoms with Crippen molar-refractivity contribution in [2.24, 2.45) is 4.99 Å². The third-order valence-electron chi connectivity index (χ3n) is 5.94. The minimum Gasteiger partial charge on any atom is -0.357 e. The van der Waals surface area contributed by atoms with Gasteiger partial charge in [-0.25, -0.2) is 0 Å². The van der Waals surface area contributed by atoms with Crippen molar-refractivity contribution < 1.29 is 4.21 Å². The lowest BCUT2D eigenvalue weighted by molar-refractivity contribution is 0.197. The summed E-state index contributed by atoms with van der Waals surface area (Å²) < 4.78 is 12.2. The van der Waals surface area contributed by atoms with Gasteiger partial charge in [-0.2, -0.15) is 0 Å². The lowest BCUT2D eigenvalue weighted by Gasteiger charge is -2.32. The van der Waals surface area contributed by atoms with E-state index >= 15 is 0 Å². The van der Waals surface area contributed by atoms with E-state index in [4.69, 9.17) is 4.99 Å². The Kier molecular flexibility index (Phi) is 8.36. The van der Waals surface area contributed by atoms with E-state index in [0.717, 1.165) is 70.0 Å². The van der Waals surface area contributed by atoms with Gasteiger partial charge in [0.25, 0.3) is 0 Å². The SMILES string of the molecule is CCNC(=NCC(C)N1CCc2sccc2C1)NC1CCCC(S(=O)CC)C1. The zero-order valence-electron chi connectivity index (χ0n) is 17.6. The number of aliphatic imine (C=N–C) groups is 1. The first kappa shape index (κ1) is 21.8. The molecule has 1 fully saturated rings. The van der Waals surface area contributed by atoms with Crippen LogP contribution in [0.15, 0.2) is 16.4 Å². The first-order chi connectivity index (χ1) is 13.6. The molecule has 0 spiro atoms. The molecular formula is C21H36N4OS2. The molecule has 2 N–H and O–H groups in total. The van der Waals surface area contributed by atoms with Crippen LogP contribution in [0.4, 0.5) is 0 Å². The summed E-state index contributed by atoms with van der Waals surface area (Å²) >= 11 is 1.89. The lowest BCUT2D eigenvalue weighted by atomic mass is 9.95. The van der Waals surface area contributed by atoms with E-state index in [1.54, 1.807) is 4.88 Å². The molecule has 4 unspecified atom stereocenters. The van der Waals surface area contributed by atoms with Crippen LogP contribution >= 0.6 is 11.3 Å². The monoisotopic (exact) mass is 424 g/mol. The normalized spacial score (nSPS) is 25.8. The second-order valence-electron chi connectivity index (χ2n) is 7.96. The molecule has 0 aromatic carbocycles. The van der Waals surface area contributed by atoms with Gasteiger partial charge in [0.1, 0.15) is 0 Å². The molecule has 3 rings (SSSR count). The summed E-state index contributed by atoms with van der Waals surface area (Å²) in [4.78, 5) is 8.99. The predicted molar refractivity (Wildman–Crippen MR) is 122 cm³/mol. The number of nitrogens with one attached hydrogen (secondary N) is 2. The van der Waals surface area contributed by atoms with Crippen molar-refractivity contribution in [3.63, 3.8) is 0 Å². The fraction of sp³-hybridized carbons (Fsp3) is 0.762. The predicted octanol–water partition coefficient (Wildman–Crippen LogP) is 3.13. The highest BCUT2D eigenvalue weighted by Crippen LogP contribution is 2.25. The molecule has 0 saturated heterocycles. The average molecular weight is 425 g/mol. The Morgan fingerprint density at radius 2 is 2.29 bits per heavy atom. The number of guanidine groups is 1. The van der Waals surface area contributed by atoms with Gasteiger partial charge in [-0.3, -0.25) is 14.1 Å². The molecule has 4 atom stereocenters. The Morgan fingerprint density at radius 3 is 3.07 bits per heavy atom. The Morgan fingerprint density at radius 1 is 1.43 bits per heavy atom. The molecule has 5 nitrogen and oxygen atoms in total. The van der Waals surface area contributed by atoms with Crippen LogP contribution in [0.5, 0.6) is 0 Å². The van der Waals surface area contributed by atoms with Crippen molar-refractivity contribution in [2.75, 3.05) is 25.4 Å². The Balaban J connectivity index is 1.54.